The van der Waals surface area contributed by atoms with Gasteiger partial charge in [0, 0.05) is 0 Å². The van der Waals surface area contributed by atoms with Crippen LogP contribution >= 0.6 is 11.6 Å². The first-order valence-corrected chi connectivity index (χ1v) is 4.30. The molecule has 0 radical (unpaired) electrons. The zero-order valence-corrected chi connectivity index (χ0v) is 7.35. The maximum atomic E-state index is 10.1. The van der Waals surface area contributed by atoms with Crippen LogP contribution in [0.1, 0.15) is 0 Å². The van der Waals surface area contributed by atoms with E-state index < -0.39 is 17.3 Å². The molecule has 0 aromatic rings. The summed E-state index contributed by atoms with van der Waals surface area (Å²) >= 11 is 5.84. The van der Waals surface area contributed by atoms with E-state index in [0.29, 0.717) is 6.61 Å². The van der Waals surface area contributed by atoms with Crippen molar-refractivity contribution in [2.24, 2.45) is 0 Å². The third kappa shape index (κ3) is 1.56. The van der Waals surface area contributed by atoms with Crippen LogP contribution in [0.2, 0.25) is 0 Å². The molecule has 2 saturated heterocycles. The molecule has 0 aliphatic carbocycles. The van der Waals surface area contributed by atoms with Crippen molar-refractivity contribution < 1.29 is 19.4 Å². The Balaban J connectivity index is 1.98. The number of rotatable bonds is 2. The van der Waals surface area contributed by atoms with Crippen molar-refractivity contribution in [3.63, 3.8) is 0 Å². The van der Waals surface area contributed by atoms with Gasteiger partial charge in [-0.05, 0) is 0 Å². The second-order valence-corrected chi connectivity index (χ2v) is 3.54. The van der Waals surface area contributed by atoms with Gasteiger partial charge in [-0.3, -0.25) is 0 Å². The first-order valence-electron chi connectivity index (χ1n) is 3.87. The molecular weight excluding hydrogens is 202 g/mol. The van der Waals surface area contributed by atoms with E-state index in [1.54, 1.807) is 0 Å². The molecule has 2 heterocycles. The minimum atomic E-state index is -0.832. The van der Waals surface area contributed by atoms with Crippen LogP contribution in [-0.2, 0) is 14.3 Å². The highest BCUT2D eigenvalue weighted by Gasteiger charge is 2.48. The SMILES string of the molecule is O=[N+]([O-])OC1COC2C1OC[C@@H]2Cl. The third-order valence-electron chi connectivity index (χ3n) is 2.17. The molecule has 0 aromatic heterocycles. The molecular formula is C6H8ClNO5. The molecule has 0 saturated carbocycles. The fourth-order valence-corrected chi connectivity index (χ4v) is 1.91. The van der Waals surface area contributed by atoms with Crippen molar-refractivity contribution in [3.8, 4) is 0 Å². The van der Waals surface area contributed by atoms with Crippen molar-refractivity contribution in [2.75, 3.05) is 13.2 Å². The standard InChI is InChI=1S/C6H8ClNO5/c7-3-1-11-6-4(13-8(9)10)2-12-5(3)6/h3-6H,1-2H2/t3-,4?,5?,6?/m0/s1. The Bertz CT molecular complexity index is 225. The van der Waals surface area contributed by atoms with Crippen LogP contribution in [0, 0.1) is 10.1 Å². The normalized spacial score (nSPS) is 43.2. The van der Waals surface area contributed by atoms with Gasteiger partial charge in [0.25, 0.3) is 5.09 Å². The van der Waals surface area contributed by atoms with Gasteiger partial charge in [-0.25, -0.2) is 0 Å². The summed E-state index contributed by atoms with van der Waals surface area (Å²) < 4.78 is 10.4. The lowest BCUT2D eigenvalue weighted by Gasteiger charge is -2.12. The molecule has 2 fully saturated rings. The van der Waals surface area contributed by atoms with Gasteiger partial charge >= 0.3 is 0 Å². The summed E-state index contributed by atoms with van der Waals surface area (Å²) in [4.78, 5) is 14.5. The number of nitrogens with zero attached hydrogens (tertiary/aromatic N) is 1. The van der Waals surface area contributed by atoms with E-state index in [0.717, 1.165) is 0 Å². The molecule has 0 amide bonds. The summed E-state index contributed by atoms with van der Waals surface area (Å²) in [6.07, 6.45) is -1.30. The van der Waals surface area contributed by atoms with Gasteiger partial charge in [0.15, 0.2) is 6.10 Å². The molecule has 2 aliphatic rings. The number of fused-ring (bicyclic) bond motifs is 1. The van der Waals surface area contributed by atoms with E-state index in [-0.39, 0.29) is 18.1 Å². The van der Waals surface area contributed by atoms with E-state index in [4.69, 9.17) is 21.1 Å². The van der Waals surface area contributed by atoms with Crippen molar-refractivity contribution in [2.45, 2.75) is 23.7 Å². The topological polar surface area (TPSA) is 70.8 Å². The van der Waals surface area contributed by atoms with Crippen LogP contribution in [0.4, 0.5) is 0 Å². The van der Waals surface area contributed by atoms with Gasteiger partial charge in [-0.2, -0.15) is 0 Å². The summed E-state index contributed by atoms with van der Waals surface area (Å²) in [6.45, 7) is 0.522. The number of halogens is 1. The van der Waals surface area contributed by atoms with Gasteiger partial charge in [0.1, 0.15) is 12.2 Å². The lowest BCUT2D eigenvalue weighted by atomic mass is 10.1. The van der Waals surface area contributed by atoms with Crippen molar-refractivity contribution >= 4 is 11.6 Å². The summed E-state index contributed by atoms with van der Waals surface area (Å²) in [7, 11) is 0. The summed E-state index contributed by atoms with van der Waals surface area (Å²) in [6, 6.07) is 0. The molecule has 2 aliphatic heterocycles. The fraction of sp³-hybridized carbons (Fsp3) is 1.00. The van der Waals surface area contributed by atoms with Crippen LogP contribution < -0.4 is 0 Å². The monoisotopic (exact) mass is 209 g/mol. The molecule has 0 N–H and O–H groups in total. The van der Waals surface area contributed by atoms with Crippen LogP contribution in [0.5, 0.6) is 0 Å². The summed E-state index contributed by atoms with van der Waals surface area (Å²) in [5.74, 6) is 0. The Morgan fingerprint density at radius 1 is 1.38 bits per heavy atom. The van der Waals surface area contributed by atoms with Gasteiger partial charge in [0.2, 0.25) is 0 Å². The molecule has 0 spiro atoms. The predicted octanol–water partition coefficient (Wildman–Crippen LogP) is -0.0317. The summed E-state index contributed by atoms with van der Waals surface area (Å²) in [5.41, 5.74) is 0. The lowest BCUT2D eigenvalue weighted by molar-refractivity contribution is -0.769. The van der Waals surface area contributed by atoms with Crippen molar-refractivity contribution in [1.82, 2.24) is 0 Å². The number of hydrogen-bond donors (Lipinski definition) is 0. The Kier molecular flexibility index (Phi) is 2.27. The fourth-order valence-electron chi connectivity index (χ4n) is 1.62. The molecule has 0 aromatic carbocycles. The van der Waals surface area contributed by atoms with E-state index >= 15 is 0 Å². The van der Waals surface area contributed by atoms with Crippen LogP contribution in [0.3, 0.4) is 0 Å². The number of alkyl halides is 1. The number of ether oxygens (including phenoxy) is 2. The maximum Gasteiger partial charge on any atom is 0.294 e. The van der Waals surface area contributed by atoms with Gasteiger partial charge in [0.05, 0.1) is 18.6 Å². The average molecular weight is 210 g/mol. The molecule has 3 unspecified atom stereocenters. The zero-order valence-electron chi connectivity index (χ0n) is 6.59. The molecule has 13 heavy (non-hydrogen) atoms. The lowest BCUT2D eigenvalue weighted by Crippen LogP contribution is -2.33. The Morgan fingerprint density at radius 3 is 2.77 bits per heavy atom. The molecule has 0 bridgehead atoms. The largest absolute Gasteiger partial charge is 0.371 e. The molecule has 7 heteroatoms. The van der Waals surface area contributed by atoms with E-state index in [1.165, 1.54) is 0 Å². The highest BCUT2D eigenvalue weighted by Crippen LogP contribution is 2.31. The predicted molar refractivity (Wildman–Crippen MR) is 41.0 cm³/mol. The van der Waals surface area contributed by atoms with E-state index in [9.17, 15) is 10.1 Å². The quantitative estimate of drug-likeness (QED) is 0.363. The minimum absolute atomic E-state index is 0.166. The first-order chi connectivity index (χ1) is 6.18. The van der Waals surface area contributed by atoms with Gasteiger partial charge in [-0.15, -0.1) is 21.7 Å². The second-order valence-electron chi connectivity index (χ2n) is 2.98. The molecule has 6 nitrogen and oxygen atoms in total. The maximum absolute atomic E-state index is 10.1. The van der Waals surface area contributed by atoms with Crippen LogP contribution in [0.15, 0.2) is 0 Å². The van der Waals surface area contributed by atoms with Crippen molar-refractivity contribution in [1.29, 1.82) is 0 Å². The average Bonchev–Trinajstić information content (AvgIpc) is 2.56. The smallest absolute Gasteiger partial charge is 0.294 e. The molecule has 74 valence electrons. The van der Waals surface area contributed by atoms with Gasteiger partial charge < -0.3 is 14.3 Å². The van der Waals surface area contributed by atoms with E-state index in [2.05, 4.69) is 4.84 Å². The van der Waals surface area contributed by atoms with Crippen LogP contribution in [-0.4, -0.2) is 42.0 Å². The minimum Gasteiger partial charge on any atom is -0.371 e. The third-order valence-corrected chi connectivity index (χ3v) is 2.54. The zero-order chi connectivity index (χ0) is 9.42. The Labute approximate surface area is 78.8 Å². The summed E-state index contributed by atoms with van der Waals surface area (Å²) in [5, 5.41) is 9.00. The first kappa shape index (κ1) is 8.98. The Hall–Kier alpha value is -0.590. The highest BCUT2D eigenvalue weighted by atomic mass is 35.5. The Morgan fingerprint density at radius 2 is 2.08 bits per heavy atom. The van der Waals surface area contributed by atoms with Crippen molar-refractivity contribution in [3.05, 3.63) is 10.1 Å². The van der Waals surface area contributed by atoms with Crippen LogP contribution in [0.25, 0.3) is 0 Å². The molecule has 4 atom stereocenters. The van der Waals surface area contributed by atoms with Gasteiger partial charge in [-0.1, -0.05) is 0 Å². The molecule has 2 rings (SSSR count). The van der Waals surface area contributed by atoms with E-state index in [1.807, 2.05) is 0 Å². The number of hydrogen-bond acceptors (Lipinski definition) is 5. The second kappa shape index (κ2) is 3.28. The highest BCUT2D eigenvalue weighted by molar-refractivity contribution is 6.21.